The largest absolute Gasteiger partial charge is 0.387 e. The van der Waals surface area contributed by atoms with E-state index in [0.29, 0.717) is 23.1 Å². The van der Waals surface area contributed by atoms with Crippen molar-refractivity contribution in [2.45, 2.75) is 38.2 Å². The van der Waals surface area contributed by atoms with Crippen LogP contribution in [0.15, 0.2) is 59.6 Å². The van der Waals surface area contributed by atoms with Crippen molar-refractivity contribution in [2.75, 3.05) is 0 Å². The van der Waals surface area contributed by atoms with Gasteiger partial charge < -0.3 is 5.11 Å². The van der Waals surface area contributed by atoms with Gasteiger partial charge in [0, 0.05) is 11.6 Å². The molecule has 0 aliphatic heterocycles. The molecule has 0 radical (unpaired) electrons. The molecule has 2 aromatic heterocycles. The Hall–Kier alpha value is -2.18. The molecule has 0 aliphatic rings. The third kappa shape index (κ3) is 3.45. The zero-order chi connectivity index (χ0) is 18.2. The molecule has 1 atom stereocenters. The summed E-state index contributed by atoms with van der Waals surface area (Å²) in [6, 6.07) is 13.5. The van der Waals surface area contributed by atoms with Crippen molar-refractivity contribution in [2.24, 2.45) is 5.41 Å². The van der Waals surface area contributed by atoms with Crippen LogP contribution in [0, 0.1) is 5.41 Å². The summed E-state index contributed by atoms with van der Waals surface area (Å²) in [5.41, 5.74) is 0.520. The predicted octanol–water partition coefficient (Wildman–Crippen LogP) is 3.74. The lowest BCUT2D eigenvalue weighted by molar-refractivity contribution is 0.118. The highest BCUT2D eigenvalue weighted by molar-refractivity contribution is 7.90. The first-order chi connectivity index (χ1) is 11.7. The van der Waals surface area contributed by atoms with Crippen molar-refractivity contribution in [3.05, 3.63) is 60.4 Å². The predicted molar refractivity (Wildman–Crippen MR) is 97.8 cm³/mol. The number of fused-ring (bicyclic) bond motifs is 1. The standard InChI is InChI=1S/C19H22N2O3S/c1-19(2,3)13-17(22)16-12-14-8-7-11-20-18(14)21(16)25(23,24)15-9-5-4-6-10-15/h4-12,17,22H,13H2,1-3H3/t17-/m1/s1. The van der Waals surface area contributed by atoms with Crippen molar-refractivity contribution in [3.63, 3.8) is 0 Å². The van der Waals surface area contributed by atoms with E-state index in [4.69, 9.17) is 0 Å². The fourth-order valence-electron chi connectivity index (χ4n) is 2.90. The van der Waals surface area contributed by atoms with Gasteiger partial charge in [-0.15, -0.1) is 0 Å². The lowest BCUT2D eigenvalue weighted by Gasteiger charge is -2.23. The molecule has 3 aromatic rings. The Morgan fingerprint density at radius 3 is 2.44 bits per heavy atom. The average Bonchev–Trinajstić information content (AvgIpc) is 2.94. The fourth-order valence-corrected chi connectivity index (χ4v) is 4.44. The third-order valence-corrected chi connectivity index (χ3v) is 5.71. The number of hydrogen-bond donors (Lipinski definition) is 1. The summed E-state index contributed by atoms with van der Waals surface area (Å²) in [5, 5.41) is 11.4. The van der Waals surface area contributed by atoms with Gasteiger partial charge in [0.05, 0.1) is 16.7 Å². The van der Waals surface area contributed by atoms with Crippen molar-refractivity contribution in [1.82, 2.24) is 8.96 Å². The van der Waals surface area contributed by atoms with Gasteiger partial charge in [-0.1, -0.05) is 39.0 Å². The normalized spacial score (nSPS) is 13.9. The maximum absolute atomic E-state index is 13.2. The summed E-state index contributed by atoms with van der Waals surface area (Å²) in [6.45, 7) is 6.02. The maximum atomic E-state index is 13.2. The molecular weight excluding hydrogens is 336 g/mol. The molecule has 25 heavy (non-hydrogen) atoms. The van der Waals surface area contributed by atoms with Crippen LogP contribution in [0.2, 0.25) is 0 Å². The van der Waals surface area contributed by atoms with E-state index in [1.807, 2.05) is 20.8 Å². The number of benzene rings is 1. The number of aromatic nitrogens is 2. The van der Waals surface area contributed by atoms with Crippen LogP contribution in [-0.2, 0) is 10.0 Å². The maximum Gasteiger partial charge on any atom is 0.269 e. The van der Waals surface area contributed by atoms with E-state index < -0.39 is 16.1 Å². The second kappa shape index (κ2) is 6.28. The van der Waals surface area contributed by atoms with Crippen LogP contribution in [0.5, 0.6) is 0 Å². The van der Waals surface area contributed by atoms with E-state index >= 15 is 0 Å². The Morgan fingerprint density at radius 2 is 1.80 bits per heavy atom. The van der Waals surface area contributed by atoms with Gasteiger partial charge in [-0.3, -0.25) is 0 Å². The average molecular weight is 358 g/mol. The number of pyridine rings is 1. The number of hydrogen-bond acceptors (Lipinski definition) is 4. The summed E-state index contributed by atoms with van der Waals surface area (Å²) in [6.07, 6.45) is 1.08. The first-order valence-electron chi connectivity index (χ1n) is 8.15. The molecule has 0 bridgehead atoms. The van der Waals surface area contributed by atoms with E-state index in [9.17, 15) is 13.5 Å². The summed E-state index contributed by atoms with van der Waals surface area (Å²) in [4.78, 5) is 4.41. The summed E-state index contributed by atoms with van der Waals surface area (Å²) in [7, 11) is -3.86. The minimum absolute atomic E-state index is 0.148. The number of aliphatic hydroxyl groups is 1. The molecule has 6 heteroatoms. The van der Waals surface area contributed by atoms with Crippen LogP contribution in [0.25, 0.3) is 11.0 Å². The minimum atomic E-state index is -3.86. The molecule has 2 heterocycles. The molecule has 3 rings (SSSR count). The zero-order valence-corrected chi connectivity index (χ0v) is 15.4. The van der Waals surface area contributed by atoms with Crippen molar-refractivity contribution >= 4 is 21.1 Å². The highest BCUT2D eigenvalue weighted by atomic mass is 32.2. The summed E-state index contributed by atoms with van der Waals surface area (Å²) in [5.74, 6) is 0. The molecule has 132 valence electrons. The van der Waals surface area contributed by atoms with Crippen LogP contribution in [0.4, 0.5) is 0 Å². The second-order valence-corrected chi connectivity index (χ2v) is 9.14. The molecule has 0 spiro atoms. The molecular formula is C19H22N2O3S. The molecule has 0 saturated heterocycles. The van der Waals surface area contributed by atoms with Gasteiger partial charge in [0.1, 0.15) is 0 Å². The van der Waals surface area contributed by atoms with Gasteiger partial charge >= 0.3 is 0 Å². The van der Waals surface area contributed by atoms with E-state index in [1.165, 1.54) is 3.97 Å². The van der Waals surface area contributed by atoms with E-state index in [1.54, 1.807) is 54.7 Å². The Bertz CT molecular complexity index is 986. The first-order valence-corrected chi connectivity index (χ1v) is 9.59. The monoisotopic (exact) mass is 358 g/mol. The lowest BCUT2D eigenvalue weighted by atomic mass is 9.88. The van der Waals surface area contributed by atoms with Gasteiger partial charge in [0.25, 0.3) is 10.0 Å². The fraction of sp³-hybridized carbons (Fsp3) is 0.316. The Morgan fingerprint density at radius 1 is 1.12 bits per heavy atom. The summed E-state index contributed by atoms with van der Waals surface area (Å²) >= 11 is 0. The number of rotatable bonds is 4. The molecule has 0 unspecified atom stereocenters. The van der Waals surface area contributed by atoms with Gasteiger partial charge in [-0.05, 0) is 42.2 Å². The summed E-state index contributed by atoms with van der Waals surface area (Å²) < 4.78 is 27.6. The first kappa shape index (κ1) is 17.6. The van der Waals surface area contributed by atoms with Gasteiger partial charge in [0.15, 0.2) is 5.65 Å². The van der Waals surface area contributed by atoms with Crippen molar-refractivity contribution < 1.29 is 13.5 Å². The van der Waals surface area contributed by atoms with Gasteiger partial charge in [0.2, 0.25) is 0 Å². The highest BCUT2D eigenvalue weighted by Crippen LogP contribution is 2.34. The van der Waals surface area contributed by atoms with Crippen LogP contribution < -0.4 is 0 Å². The number of aliphatic hydroxyl groups excluding tert-OH is 1. The van der Waals surface area contributed by atoms with E-state index in [-0.39, 0.29) is 10.3 Å². The molecule has 0 fully saturated rings. The molecule has 0 saturated carbocycles. The minimum Gasteiger partial charge on any atom is -0.387 e. The Balaban J connectivity index is 2.24. The molecule has 0 aliphatic carbocycles. The lowest BCUT2D eigenvalue weighted by Crippen LogP contribution is -2.20. The van der Waals surface area contributed by atoms with Crippen LogP contribution in [-0.4, -0.2) is 22.5 Å². The van der Waals surface area contributed by atoms with E-state index in [2.05, 4.69) is 4.98 Å². The van der Waals surface area contributed by atoms with Gasteiger partial charge in [-0.2, -0.15) is 0 Å². The SMILES string of the molecule is CC(C)(C)C[C@@H](O)c1cc2cccnc2n1S(=O)(=O)c1ccccc1. The highest BCUT2D eigenvalue weighted by Gasteiger charge is 2.29. The Kier molecular flexibility index (Phi) is 4.43. The van der Waals surface area contributed by atoms with Crippen LogP contribution in [0.1, 0.15) is 39.0 Å². The topological polar surface area (TPSA) is 72.2 Å². The second-order valence-electron chi connectivity index (χ2n) is 7.35. The van der Waals surface area contributed by atoms with Gasteiger partial charge in [-0.25, -0.2) is 17.4 Å². The molecule has 1 N–H and O–H groups in total. The Labute approximate surface area is 148 Å². The van der Waals surface area contributed by atoms with Crippen molar-refractivity contribution in [3.8, 4) is 0 Å². The zero-order valence-electron chi connectivity index (χ0n) is 14.5. The molecule has 5 nitrogen and oxygen atoms in total. The molecule has 1 aromatic carbocycles. The van der Waals surface area contributed by atoms with E-state index in [0.717, 1.165) is 0 Å². The van der Waals surface area contributed by atoms with Crippen LogP contribution >= 0.6 is 0 Å². The number of nitrogens with zero attached hydrogens (tertiary/aromatic N) is 2. The quantitative estimate of drug-likeness (QED) is 0.771. The molecule has 0 amide bonds. The van der Waals surface area contributed by atoms with Crippen molar-refractivity contribution in [1.29, 1.82) is 0 Å². The van der Waals surface area contributed by atoms with Crippen LogP contribution in [0.3, 0.4) is 0 Å². The smallest absolute Gasteiger partial charge is 0.269 e. The third-order valence-electron chi connectivity index (χ3n) is 3.98.